The van der Waals surface area contributed by atoms with Crippen molar-refractivity contribution in [2.24, 2.45) is 7.05 Å². The number of hydrogen-bond donors (Lipinski definition) is 1. The third kappa shape index (κ3) is 2.11. The van der Waals surface area contributed by atoms with E-state index in [9.17, 15) is 0 Å². The van der Waals surface area contributed by atoms with Gasteiger partial charge in [0, 0.05) is 30.1 Å². The summed E-state index contributed by atoms with van der Waals surface area (Å²) in [6.07, 6.45) is 3.41. The number of aryl methyl sites for hydroxylation is 2. The summed E-state index contributed by atoms with van der Waals surface area (Å²) in [5, 5.41) is 4.48. The highest BCUT2D eigenvalue weighted by atomic mass is 15.3. The lowest BCUT2D eigenvalue weighted by molar-refractivity contribution is 0.731. The molecule has 23 heavy (non-hydrogen) atoms. The van der Waals surface area contributed by atoms with Gasteiger partial charge in [0.1, 0.15) is 0 Å². The Morgan fingerprint density at radius 1 is 1.04 bits per heavy atom. The van der Waals surface area contributed by atoms with Crippen molar-refractivity contribution in [3.05, 3.63) is 48.2 Å². The van der Waals surface area contributed by atoms with E-state index in [0.29, 0.717) is 5.65 Å². The number of rotatable bonds is 2. The lowest BCUT2D eigenvalue weighted by Crippen LogP contribution is -1.94. The molecular formula is C17H16N6. The van der Waals surface area contributed by atoms with Crippen LogP contribution in [-0.4, -0.2) is 29.7 Å². The fourth-order valence-corrected chi connectivity index (χ4v) is 2.93. The number of fused-ring (bicyclic) bond motifs is 1. The zero-order chi connectivity index (χ0) is 16.0. The smallest absolute Gasteiger partial charge is 0.178 e. The first kappa shape index (κ1) is 13.6. The lowest BCUT2D eigenvalue weighted by Gasteiger charge is -2.06. The van der Waals surface area contributed by atoms with Crippen molar-refractivity contribution >= 4 is 11.2 Å². The monoisotopic (exact) mass is 304 g/mol. The highest BCUT2D eigenvalue weighted by molar-refractivity contribution is 5.88. The molecule has 0 aliphatic rings. The van der Waals surface area contributed by atoms with E-state index in [4.69, 9.17) is 4.98 Å². The van der Waals surface area contributed by atoms with Gasteiger partial charge in [0.05, 0.1) is 28.9 Å². The predicted molar refractivity (Wildman–Crippen MR) is 88.8 cm³/mol. The van der Waals surface area contributed by atoms with Gasteiger partial charge >= 0.3 is 0 Å². The van der Waals surface area contributed by atoms with Gasteiger partial charge in [-0.15, -0.1) is 0 Å². The Bertz CT molecular complexity index is 1010. The summed E-state index contributed by atoms with van der Waals surface area (Å²) in [7, 11) is 1.95. The summed E-state index contributed by atoms with van der Waals surface area (Å²) >= 11 is 0. The summed E-state index contributed by atoms with van der Waals surface area (Å²) in [6, 6.07) is 7.99. The van der Waals surface area contributed by atoms with E-state index in [1.165, 1.54) is 0 Å². The Morgan fingerprint density at radius 2 is 1.87 bits per heavy atom. The van der Waals surface area contributed by atoms with Crippen molar-refractivity contribution in [2.45, 2.75) is 13.8 Å². The van der Waals surface area contributed by atoms with Crippen LogP contribution >= 0.6 is 0 Å². The van der Waals surface area contributed by atoms with E-state index in [0.717, 1.165) is 39.4 Å². The number of pyridine rings is 2. The maximum atomic E-state index is 4.85. The van der Waals surface area contributed by atoms with Crippen LogP contribution in [0.15, 0.2) is 36.8 Å². The molecule has 0 fully saturated rings. The number of aromatic amines is 1. The first-order valence-corrected chi connectivity index (χ1v) is 7.41. The molecule has 0 unspecified atom stereocenters. The van der Waals surface area contributed by atoms with Gasteiger partial charge in [0.25, 0.3) is 0 Å². The second kappa shape index (κ2) is 5.01. The van der Waals surface area contributed by atoms with E-state index >= 15 is 0 Å². The number of imidazole rings is 1. The van der Waals surface area contributed by atoms with Crippen LogP contribution < -0.4 is 0 Å². The SMILES string of the molecule is Cc1nn(C)c(C)c1-c1cccc(-c2ccnc3nc[nH]c23)n1. The zero-order valence-corrected chi connectivity index (χ0v) is 13.2. The molecule has 0 aromatic carbocycles. The van der Waals surface area contributed by atoms with Crippen molar-refractivity contribution in [2.75, 3.05) is 0 Å². The Kier molecular flexibility index (Phi) is 2.97. The van der Waals surface area contributed by atoms with Crippen molar-refractivity contribution in [3.63, 3.8) is 0 Å². The molecule has 4 aromatic rings. The average Bonchev–Trinajstić information content (AvgIpc) is 3.12. The maximum Gasteiger partial charge on any atom is 0.178 e. The minimum absolute atomic E-state index is 0.698. The van der Waals surface area contributed by atoms with Crippen LogP contribution in [0.25, 0.3) is 33.7 Å². The summed E-state index contributed by atoms with van der Waals surface area (Å²) in [4.78, 5) is 16.5. The van der Waals surface area contributed by atoms with E-state index in [2.05, 4.69) is 27.0 Å². The van der Waals surface area contributed by atoms with Gasteiger partial charge in [-0.3, -0.25) is 4.68 Å². The molecule has 4 heterocycles. The number of nitrogens with one attached hydrogen (secondary N) is 1. The second-order valence-corrected chi connectivity index (χ2v) is 5.54. The van der Waals surface area contributed by atoms with Gasteiger partial charge in [-0.25, -0.2) is 15.0 Å². The number of hydrogen-bond acceptors (Lipinski definition) is 4. The van der Waals surface area contributed by atoms with E-state index < -0.39 is 0 Å². The number of aromatic nitrogens is 6. The van der Waals surface area contributed by atoms with E-state index in [1.807, 2.05) is 42.9 Å². The first-order chi connectivity index (χ1) is 11.1. The van der Waals surface area contributed by atoms with Gasteiger partial charge in [0.2, 0.25) is 0 Å². The predicted octanol–water partition coefficient (Wildman–Crippen LogP) is 3.04. The van der Waals surface area contributed by atoms with Gasteiger partial charge in [-0.1, -0.05) is 6.07 Å². The van der Waals surface area contributed by atoms with Crippen LogP contribution in [0.3, 0.4) is 0 Å². The molecule has 4 aromatic heterocycles. The molecule has 0 spiro atoms. The summed E-state index contributed by atoms with van der Waals surface area (Å²) < 4.78 is 1.89. The first-order valence-electron chi connectivity index (χ1n) is 7.41. The van der Waals surface area contributed by atoms with E-state index in [1.54, 1.807) is 12.5 Å². The quantitative estimate of drug-likeness (QED) is 0.618. The van der Waals surface area contributed by atoms with Gasteiger partial charge in [-0.05, 0) is 32.0 Å². The number of nitrogens with zero attached hydrogens (tertiary/aromatic N) is 5. The standard InChI is InChI=1S/C17H16N6/c1-10-15(11(2)23(3)22-10)14-6-4-5-13(21-14)12-7-8-18-17-16(12)19-9-20-17/h4-9H,1-3H3,(H,18,19,20). The molecular weight excluding hydrogens is 288 g/mol. The topological polar surface area (TPSA) is 72.3 Å². The highest BCUT2D eigenvalue weighted by Crippen LogP contribution is 2.29. The van der Waals surface area contributed by atoms with Crippen LogP contribution in [0.4, 0.5) is 0 Å². The Labute approximate surface area is 133 Å². The average molecular weight is 304 g/mol. The molecule has 0 aliphatic carbocycles. The minimum Gasteiger partial charge on any atom is -0.343 e. The van der Waals surface area contributed by atoms with Crippen LogP contribution in [0.1, 0.15) is 11.4 Å². The van der Waals surface area contributed by atoms with Gasteiger partial charge < -0.3 is 4.98 Å². The summed E-state index contributed by atoms with van der Waals surface area (Å²) in [5.74, 6) is 0. The molecule has 0 atom stereocenters. The van der Waals surface area contributed by atoms with Crippen molar-refractivity contribution in [1.29, 1.82) is 0 Å². The Morgan fingerprint density at radius 3 is 2.65 bits per heavy atom. The van der Waals surface area contributed by atoms with Crippen molar-refractivity contribution in [3.8, 4) is 22.5 Å². The molecule has 0 aliphatic heterocycles. The second-order valence-electron chi connectivity index (χ2n) is 5.54. The molecule has 114 valence electrons. The summed E-state index contributed by atoms with van der Waals surface area (Å²) in [5.41, 5.74) is 7.58. The molecule has 1 N–H and O–H groups in total. The van der Waals surface area contributed by atoms with Crippen molar-refractivity contribution in [1.82, 2.24) is 29.7 Å². The van der Waals surface area contributed by atoms with Crippen LogP contribution in [0.2, 0.25) is 0 Å². The van der Waals surface area contributed by atoms with E-state index in [-0.39, 0.29) is 0 Å². The van der Waals surface area contributed by atoms with Gasteiger partial charge in [-0.2, -0.15) is 5.10 Å². The summed E-state index contributed by atoms with van der Waals surface area (Å²) in [6.45, 7) is 4.07. The molecule has 0 saturated carbocycles. The largest absolute Gasteiger partial charge is 0.343 e. The van der Waals surface area contributed by atoms with Crippen molar-refractivity contribution < 1.29 is 0 Å². The third-order valence-corrected chi connectivity index (χ3v) is 4.12. The van der Waals surface area contributed by atoms with Crippen LogP contribution in [0, 0.1) is 13.8 Å². The van der Waals surface area contributed by atoms with Gasteiger partial charge in [0.15, 0.2) is 5.65 Å². The third-order valence-electron chi connectivity index (χ3n) is 4.12. The molecule has 0 bridgehead atoms. The number of H-pyrrole nitrogens is 1. The fourth-order valence-electron chi connectivity index (χ4n) is 2.93. The zero-order valence-electron chi connectivity index (χ0n) is 13.2. The highest BCUT2D eigenvalue weighted by Gasteiger charge is 2.14. The molecule has 4 rings (SSSR count). The fraction of sp³-hybridized carbons (Fsp3) is 0.176. The molecule has 0 saturated heterocycles. The Balaban J connectivity index is 1.91. The Hall–Kier alpha value is -3.02. The minimum atomic E-state index is 0.698. The maximum absolute atomic E-state index is 4.85. The van der Waals surface area contributed by atoms with Crippen LogP contribution in [-0.2, 0) is 7.05 Å². The van der Waals surface area contributed by atoms with Crippen LogP contribution in [0.5, 0.6) is 0 Å². The normalized spacial score (nSPS) is 11.3. The molecule has 0 radical (unpaired) electrons. The molecule has 6 nitrogen and oxygen atoms in total. The molecule has 0 amide bonds. The lowest BCUT2D eigenvalue weighted by atomic mass is 10.1. The molecule has 6 heteroatoms.